The van der Waals surface area contributed by atoms with Crippen molar-refractivity contribution in [2.75, 3.05) is 16.9 Å². The van der Waals surface area contributed by atoms with Crippen LogP contribution in [0.5, 0.6) is 0 Å². The Morgan fingerprint density at radius 1 is 1.35 bits per heavy atom. The molecule has 0 fully saturated rings. The zero-order valence-corrected chi connectivity index (χ0v) is 12.0. The van der Waals surface area contributed by atoms with Gasteiger partial charge in [-0.3, -0.25) is 15.6 Å². The van der Waals surface area contributed by atoms with Crippen LogP contribution in [0.4, 0.5) is 11.5 Å². The predicted molar refractivity (Wildman–Crippen MR) is 82.6 cm³/mol. The standard InChI is InChI=1S/C13H13ClN4OS/c14-10-7-9(4-5-11(10)15)20-8-13(19)18-17-12-3-1-2-6-16-12/h1-7H,8,15H2,(H,16,17)(H,18,19). The Hall–Kier alpha value is -1.92. The maximum Gasteiger partial charge on any atom is 0.248 e. The van der Waals surface area contributed by atoms with Crippen molar-refractivity contribution in [1.29, 1.82) is 0 Å². The van der Waals surface area contributed by atoms with E-state index in [1.54, 1.807) is 30.5 Å². The van der Waals surface area contributed by atoms with Gasteiger partial charge in [0.2, 0.25) is 5.91 Å². The minimum absolute atomic E-state index is 0.159. The summed E-state index contributed by atoms with van der Waals surface area (Å²) in [7, 11) is 0. The predicted octanol–water partition coefficient (Wildman–Crippen LogP) is 2.55. The monoisotopic (exact) mass is 308 g/mol. The summed E-state index contributed by atoms with van der Waals surface area (Å²) < 4.78 is 0. The first kappa shape index (κ1) is 14.5. The average Bonchev–Trinajstić information content (AvgIpc) is 2.47. The number of hydrazine groups is 1. The number of nitrogen functional groups attached to an aromatic ring is 1. The fourth-order valence-corrected chi connectivity index (χ4v) is 2.33. The molecule has 4 N–H and O–H groups in total. The number of rotatable bonds is 5. The number of halogens is 1. The van der Waals surface area contributed by atoms with Crippen molar-refractivity contribution in [3.63, 3.8) is 0 Å². The molecular weight excluding hydrogens is 296 g/mol. The first-order chi connectivity index (χ1) is 9.65. The average molecular weight is 309 g/mol. The second-order valence-electron chi connectivity index (χ2n) is 3.86. The Kier molecular flexibility index (Phi) is 5.09. The summed E-state index contributed by atoms with van der Waals surface area (Å²) in [6, 6.07) is 10.7. The summed E-state index contributed by atoms with van der Waals surface area (Å²) in [5.74, 6) is 0.690. The van der Waals surface area contributed by atoms with Crippen LogP contribution in [0.1, 0.15) is 0 Å². The number of benzene rings is 1. The van der Waals surface area contributed by atoms with E-state index in [0.717, 1.165) is 4.90 Å². The number of carbonyl (C=O) groups excluding carboxylic acids is 1. The fourth-order valence-electron chi connectivity index (χ4n) is 1.35. The van der Waals surface area contributed by atoms with Gasteiger partial charge in [0, 0.05) is 11.1 Å². The van der Waals surface area contributed by atoms with Crippen LogP contribution >= 0.6 is 23.4 Å². The Morgan fingerprint density at radius 3 is 2.90 bits per heavy atom. The quantitative estimate of drug-likeness (QED) is 0.449. The number of aromatic nitrogens is 1. The van der Waals surface area contributed by atoms with Crippen LogP contribution in [-0.2, 0) is 4.79 Å². The lowest BCUT2D eigenvalue weighted by atomic mass is 10.3. The molecule has 0 spiro atoms. The van der Waals surface area contributed by atoms with Gasteiger partial charge in [-0.1, -0.05) is 17.7 Å². The van der Waals surface area contributed by atoms with Crippen LogP contribution < -0.4 is 16.6 Å². The van der Waals surface area contributed by atoms with Gasteiger partial charge in [-0.15, -0.1) is 11.8 Å². The zero-order chi connectivity index (χ0) is 14.4. The topological polar surface area (TPSA) is 80.0 Å². The maximum atomic E-state index is 11.7. The van der Waals surface area contributed by atoms with Crippen molar-refractivity contribution in [2.45, 2.75) is 4.90 Å². The SMILES string of the molecule is Nc1ccc(SCC(=O)NNc2ccccn2)cc1Cl. The molecule has 0 aliphatic carbocycles. The van der Waals surface area contributed by atoms with Gasteiger partial charge in [0.15, 0.2) is 0 Å². The highest BCUT2D eigenvalue weighted by Gasteiger charge is 2.04. The molecule has 0 radical (unpaired) electrons. The number of hydrogen-bond donors (Lipinski definition) is 3. The Balaban J connectivity index is 1.79. The number of pyridine rings is 1. The van der Waals surface area contributed by atoms with Gasteiger partial charge in [-0.25, -0.2) is 4.98 Å². The number of hydrogen-bond acceptors (Lipinski definition) is 5. The van der Waals surface area contributed by atoms with E-state index in [1.165, 1.54) is 11.8 Å². The van der Waals surface area contributed by atoms with E-state index in [2.05, 4.69) is 15.8 Å². The van der Waals surface area contributed by atoms with E-state index >= 15 is 0 Å². The van der Waals surface area contributed by atoms with Crippen molar-refractivity contribution in [3.8, 4) is 0 Å². The number of amides is 1. The molecule has 104 valence electrons. The second kappa shape index (κ2) is 7.02. The molecule has 1 heterocycles. The molecule has 1 aromatic carbocycles. The molecule has 0 saturated heterocycles. The van der Waals surface area contributed by atoms with Crippen LogP contribution in [-0.4, -0.2) is 16.6 Å². The lowest BCUT2D eigenvalue weighted by Crippen LogP contribution is -2.31. The van der Waals surface area contributed by atoms with Gasteiger partial charge in [0.1, 0.15) is 5.82 Å². The van der Waals surface area contributed by atoms with Crippen molar-refractivity contribution in [3.05, 3.63) is 47.6 Å². The summed E-state index contributed by atoms with van der Waals surface area (Å²) in [6.45, 7) is 0. The number of anilines is 2. The third-order valence-electron chi connectivity index (χ3n) is 2.34. The second-order valence-corrected chi connectivity index (χ2v) is 5.32. The molecule has 0 saturated carbocycles. The third kappa shape index (κ3) is 4.32. The van der Waals surface area contributed by atoms with Crippen molar-refractivity contribution in [2.24, 2.45) is 0 Å². The zero-order valence-electron chi connectivity index (χ0n) is 10.5. The number of carbonyl (C=O) groups is 1. The van der Waals surface area contributed by atoms with Crippen LogP contribution in [0.3, 0.4) is 0 Å². The molecule has 0 atom stereocenters. The molecule has 5 nitrogen and oxygen atoms in total. The molecule has 0 unspecified atom stereocenters. The summed E-state index contributed by atoms with van der Waals surface area (Å²) in [6.07, 6.45) is 1.64. The van der Waals surface area contributed by atoms with E-state index in [9.17, 15) is 4.79 Å². The number of nitrogens with one attached hydrogen (secondary N) is 2. The van der Waals surface area contributed by atoms with Crippen molar-refractivity contribution in [1.82, 2.24) is 10.4 Å². The molecular formula is C13H13ClN4OS. The van der Waals surface area contributed by atoms with Gasteiger partial charge in [-0.05, 0) is 30.3 Å². The van der Waals surface area contributed by atoms with E-state index in [4.69, 9.17) is 17.3 Å². The third-order valence-corrected chi connectivity index (χ3v) is 3.66. The number of nitrogens with zero attached hydrogens (tertiary/aromatic N) is 1. The number of nitrogens with two attached hydrogens (primary N) is 1. The summed E-state index contributed by atoms with van der Waals surface area (Å²) in [5, 5.41) is 0.488. The minimum Gasteiger partial charge on any atom is -0.398 e. The Morgan fingerprint density at radius 2 is 2.20 bits per heavy atom. The van der Waals surface area contributed by atoms with E-state index in [0.29, 0.717) is 16.5 Å². The molecule has 1 amide bonds. The fraction of sp³-hybridized carbons (Fsp3) is 0.0769. The Labute approximate surface area is 125 Å². The van der Waals surface area contributed by atoms with Gasteiger partial charge >= 0.3 is 0 Å². The molecule has 2 aromatic rings. The van der Waals surface area contributed by atoms with E-state index in [1.807, 2.05) is 12.1 Å². The van der Waals surface area contributed by atoms with Gasteiger partial charge in [-0.2, -0.15) is 0 Å². The van der Waals surface area contributed by atoms with Gasteiger partial charge < -0.3 is 5.73 Å². The molecule has 0 bridgehead atoms. The molecule has 0 aliphatic rings. The van der Waals surface area contributed by atoms with Crippen molar-refractivity contribution >= 4 is 40.8 Å². The molecule has 1 aromatic heterocycles. The highest BCUT2D eigenvalue weighted by molar-refractivity contribution is 8.00. The Bertz CT molecular complexity index is 594. The summed E-state index contributed by atoms with van der Waals surface area (Å²) >= 11 is 7.28. The smallest absolute Gasteiger partial charge is 0.248 e. The summed E-state index contributed by atoms with van der Waals surface area (Å²) in [4.78, 5) is 16.6. The largest absolute Gasteiger partial charge is 0.398 e. The van der Waals surface area contributed by atoms with Crippen LogP contribution in [0.25, 0.3) is 0 Å². The molecule has 20 heavy (non-hydrogen) atoms. The first-order valence-electron chi connectivity index (χ1n) is 5.79. The highest BCUT2D eigenvalue weighted by Crippen LogP contribution is 2.26. The van der Waals surface area contributed by atoms with Gasteiger partial charge in [0.25, 0.3) is 0 Å². The van der Waals surface area contributed by atoms with E-state index in [-0.39, 0.29) is 11.7 Å². The minimum atomic E-state index is -0.159. The molecule has 0 aliphatic heterocycles. The highest BCUT2D eigenvalue weighted by atomic mass is 35.5. The van der Waals surface area contributed by atoms with Crippen LogP contribution in [0, 0.1) is 0 Å². The lowest BCUT2D eigenvalue weighted by molar-refractivity contribution is -0.118. The number of thioether (sulfide) groups is 1. The van der Waals surface area contributed by atoms with E-state index < -0.39 is 0 Å². The van der Waals surface area contributed by atoms with Crippen LogP contribution in [0.2, 0.25) is 5.02 Å². The van der Waals surface area contributed by atoms with Crippen molar-refractivity contribution < 1.29 is 4.79 Å². The maximum absolute atomic E-state index is 11.7. The molecule has 2 rings (SSSR count). The molecule has 7 heteroatoms. The normalized spacial score (nSPS) is 10.1. The lowest BCUT2D eigenvalue weighted by Gasteiger charge is -2.07. The van der Waals surface area contributed by atoms with Gasteiger partial charge in [0.05, 0.1) is 16.5 Å². The first-order valence-corrected chi connectivity index (χ1v) is 7.15. The summed E-state index contributed by atoms with van der Waals surface area (Å²) in [5.41, 5.74) is 11.4. The van der Waals surface area contributed by atoms with Crippen LogP contribution in [0.15, 0.2) is 47.5 Å².